The number of aryl methyl sites for hydroxylation is 1. The lowest BCUT2D eigenvalue weighted by molar-refractivity contribution is -0.140. The van der Waals surface area contributed by atoms with Gasteiger partial charge >= 0.3 is 0 Å². The largest absolute Gasteiger partial charge is 0.352 e. The highest BCUT2D eigenvalue weighted by molar-refractivity contribution is 7.92. The number of amides is 2. The van der Waals surface area contributed by atoms with Crippen LogP contribution in [-0.2, 0) is 32.6 Å². The Hall–Kier alpha value is -2.94. The Bertz CT molecular complexity index is 1090. The zero-order valence-electron chi connectivity index (χ0n) is 21.1. The number of benzene rings is 2. The summed E-state index contributed by atoms with van der Waals surface area (Å²) < 4.78 is 39.4. The number of hydrogen-bond acceptors (Lipinski definition) is 4. The maximum absolute atomic E-state index is 13.3. The molecule has 9 heteroatoms. The summed E-state index contributed by atoms with van der Waals surface area (Å²) in [6.45, 7) is 7.62. The van der Waals surface area contributed by atoms with Gasteiger partial charge in [-0.15, -0.1) is 0 Å². The second-order valence-electron chi connectivity index (χ2n) is 8.95. The van der Waals surface area contributed by atoms with Crippen molar-refractivity contribution < 1.29 is 22.4 Å². The molecule has 1 N–H and O–H groups in total. The number of nitrogens with zero attached hydrogens (tertiary/aromatic N) is 2. The van der Waals surface area contributed by atoms with Crippen LogP contribution in [-0.4, -0.2) is 50.0 Å². The van der Waals surface area contributed by atoms with Gasteiger partial charge in [0.2, 0.25) is 21.8 Å². The van der Waals surface area contributed by atoms with E-state index < -0.39 is 16.1 Å². The van der Waals surface area contributed by atoms with Crippen LogP contribution in [0.3, 0.4) is 0 Å². The van der Waals surface area contributed by atoms with Gasteiger partial charge in [-0.2, -0.15) is 0 Å². The van der Waals surface area contributed by atoms with Crippen LogP contribution < -0.4 is 9.62 Å². The maximum atomic E-state index is 13.3. The first-order valence-electron chi connectivity index (χ1n) is 11.8. The average Bonchev–Trinajstić information content (AvgIpc) is 2.79. The van der Waals surface area contributed by atoms with Gasteiger partial charge in [0.1, 0.15) is 11.9 Å². The molecule has 0 aliphatic carbocycles. The Balaban J connectivity index is 2.15. The zero-order chi connectivity index (χ0) is 26.2. The number of rotatable bonds is 12. The zero-order valence-corrected chi connectivity index (χ0v) is 21.9. The molecule has 0 radical (unpaired) electrons. The van der Waals surface area contributed by atoms with E-state index in [1.54, 1.807) is 31.2 Å². The molecule has 0 saturated carbocycles. The van der Waals surface area contributed by atoms with Gasteiger partial charge in [0.25, 0.3) is 0 Å². The fourth-order valence-corrected chi connectivity index (χ4v) is 4.64. The highest BCUT2D eigenvalue weighted by atomic mass is 32.2. The fraction of sp³-hybridized carbons (Fsp3) is 0.462. The van der Waals surface area contributed by atoms with E-state index >= 15 is 0 Å². The first-order valence-corrected chi connectivity index (χ1v) is 13.7. The monoisotopic (exact) mass is 505 g/mol. The van der Waals surface area contributed by atoms with E-state index in [-0.39, 0.29) is 49.6 Å². The Morgan fingerprint density at radius 3 is 2.06 bits per heavy atom. The number of nitrogens with one attached hydrogen (secondary N) is 1. The molecule has 2 aromatic carbocycles. The summed E-state index contributed by atoms with van der Waals surface area (Å²) in [4.78, 5) is 27.3. The molecule has 7 nitrogen and oxygen atoms in total. The molecule has 0 aliphatic heterocycles. The summed E-state index contributed by atoms with van der Waals surface area (Å²) in [6, 6.07) is 12.2. The summed E-state index contributed by atoms with van der Waals surface area (Å²) in [6.07, 6.45) is 2.32. The van der Waals surface area contributed by atoms with E-state index in [0.717, 1.165) is 18.2 Å². The molecule has 35 heavy (non-hydrogen) atoms. The van der Waals surface area contributed by atoms with E-state index in [0.29, 0.717) is 11.3 Å². The molecule has 2 aromatic rings. The van der Waals surface area contributed by atoms with Gasteiger partial charge in [-0.1, -0.05) is 31.2 Å². The van der Waals surface area contributed by atoms with E-state index in [4.69, 9.17) is 0 Å². The molecule has 0 aliphatic rings. The predicted molar refractivity (Wildman–Crippen MR) is 137 cm³/mol. The molecule has 0 spiro atoms. The van der Waals surface area contributed by atoms with Crippen LogP contribution in [0.2, 0.25) is 0 Å². The molecule has 0 bridgehead atoms. The Morgan fingerprint density at radius 1 is 0.971 bits per heavy atom. The Morgan fingerprint density at radius 2 is 1.54 bits per heavy atom. The second-order valence-corrected chi connectivity index (χ2v) is 10.9. The lowest BCUT2D eigenvalue weighted by Crippen LogP contribution is -2.49. The molecule has 1 atom stereocenters. The minimum Gasteiger partial charge on any atom is -0.352 e. The van der Waals surface area contributed by atoms with E-state index in [2.05, 4.69) is 5.32 Å². The highest BCUT2D eigenvalue weighted by Crippen LogP contribution is 2.20. The number of anilines is 1. The number of hydrogen-bond donors (Lipinski definition) is 1. The molecule has 192 valence electrons. The van der Waals surface area contributed by atoms with E-state index in [1.807, 2.05) is 32.9 Å². The van der Waals surface area contributed by atoms with Crippen molar-refractivity contribution in [1.29, 1.82) is 0 Å². The summed E-state index contributed by atoms with van der Waals surface area (Å²) in [7, 11) is -3.54. The normalized spacial score (nSPS) is 12.3. The van der Waals surface area contributed by atoms with Gasteiger partial charge in [0, 0.05) is 25.6 Å². The first kappa shape index (κ1) is 28.3. The number of sulfonamides is 1. The molecule has 0 saturated heterocycles. The SMILES string of the molecule is CCc1ccc(N(CCCC(=O)N(Cc2ccc(F)cc2)[C@H](C)C(=O)NC(C)C)S(C)(=O)=O)cc1. The van der Waals surface area contributed by atoms with Crippen molar-refractivity contribution in [2.75, 3.05) is 17.1 Å². The van der Waals surface area contributed by atoms with Crippen LogP contribution in [0.1, 0.15) is 51.7 Å². The molecule has 2 amide bonds. The molecule has 0 unspecified atom stereocenters. The number of halogens is 1. The topological polar surface area (TPSA) is 86.8 Å². The van der Waals surface area contributed by atoms with Crippen LogP contribution in [0, 0.1) is 5.82 Å². The molecular weight excluding hydrogens is 469 g/mol. The minimum atomic E-state index is -3.54. The van der Waals surface area contributed by atoms with Crippen LogP contribution >= 0.6 is 0 Å². The minimum absolute atomic E-state index is 0.0551. The van der Waals surface area contributed by atoms with Gasteiger partial charge < -0.3 is 10.2 Å². The van der Waals surface area contributed by atoms with Crippen molar-refractivity contribution in [3.8, 4) is 0 Å². The van der Waals surface area contributed by atoms with Crippen molar-refractivity contribution in [3.63, 3.8) is 0 Å². The lowest BCUT2D eigenvalue weighted by Gasteiger charge is -2.30. The van der Waals surface area contributed by atoms with Gasteiger partial charge in [0.15, 0.2) is 0 Å². The van der Waals surface area contributed by atoms with E-state index in [1.165, 1.54) is 21.3 Å². The van der Waals surface area contributed by atoms with Crippen molar-refractivity contribution in [3.05, 3.63) is 65.5 Å². The van der Waals surface area contributed by atoms with Gasteiger partial charge in [-0.3, -0.25) is 13.9 Å². The van der Waals surface area contributed by atoms with Gasteiger partial charge in [-0.25, -0.2) is 12.8 Å². The lowest BCUT2D eigenvalue weighted by atomic mass is 10.1. The van der Waals surface area contributed by atoms with Crippen molar-refractivity contribution in [2.45, 2.75) is 65.6 Å². The van der Waals surface area contributed by atoms with Crippen LogP contribution in [0.4, 0.5) is 10.1 Å². The third kappa shape index (κ3) is 8.65. The van der Waals surface area contributed by atoms with E-state index in [9.17, 15) is 22.4 Å². The molecular formula is C26H36FN3O4S. The number of carbonyl (C=O) groups is 2. The second kappa shape index (κ2) is 12.7. The molecule has 2 rings (SSSR count). The summed E-state index contributed by atoms with van der Waals surface area (Å²) >= 11 is 0. The van der Waals surface area contributed by atoms with Crippen molar-refractivity contribution >= 4 is 27.5 Å². The first-order chi connectivity index (χ1) is 16.4. The molecule has 0 fully saturated rings. The van der Waals surface area contributed by atoms with Crippen molar-refractivity contribution in [2.24, 2.45) is 0 Å². The van der Waals surface area contributed by atoms with Gasteiger partial charge in [0.05, 0.1) is 11.9 Å². The predicted octanol–water partition coefficient (Wildman–Crippen LogP) is 3.88. The van der Waals surface area contributed by atoms with Crippen molar-refractivity contribution in [1.82, 2.24) is 10.2 Å². The maximum Gasteiger partial charge on any atom is 0.242 e. The molecule has 0 aromatic heterocycles. The van der Waals surface area contributed by atoms with Crippen LogP contribution in [0.15, 0.2) is 48.5 Å². The smallest absolute Gasteiger partial charge is 0.242 e. The summed E-state index contributed by atoms with van der Waals surface area (Å²) in [5, 5.41) is 2.82. The van der Waals surface area contributed by atoms with Crippen LogP contribution in [0.25, 0.3) is 0 Å². The Labute approximate surface area is 208 Å². The number of carbonyl (C=O) groups excluding carboxylic acids is 2. The highest BCUT2D eigenvalue weighted by Gasteiger charge is 2.27. The third-order valence-corrected chi connectivity index (χ3v) is 6.84. The quantitative estimate of drug-likeness (QED) is 0.474. The van der Waals surface area contributed by atoms with Crippen LogP contribution in [0.5, 0.6) is 0 Å². The average molecular weight is 506 g/mol. The van der Waals surface area contributed by atoms with Gasteiger partial charge in [-0.05, 0) is 69.0 Å². The third-order valence-electron chi connectivity index (χ3n) is 5.65. The summed E-state index contributed by atoms with van der Waals surface area (Å²) in [5.41, 5.74) is 2.34. The fourth-order valence-electron chi connectivity index (χ4n) is 3.68. The molecule has 0 heterocycles. The standard InChI is InChI=1S/C26H36FN3O4S/c1-6-21-11-15-24(16-12-21)30(35(5,33)34)17-7-8-25(31)29(20(4)26(32)28-19(2)3)18-22-9-13-23(27)14-10-22/h9-16,19-20H,6-8,17-18H2,1-5H3,(H,28,32)/t20-/m1/s1. The Kier molecular flexibility index (Phi) is 10.2. The summed E-state index contributed by atoms with van der Waals surface area (Å²) in [5.74, 6) is -0.954.